The van der Waals surface area contributed by atoms with Crippen LogP contribution in [0.25, 0.3) is 5.69 Å². The van der Waals surface area contributed by atoms with Crippen molar-refractivity contribution in [2.45, 2.75) is 30.3 Å². The molecular weight excluding hydrogens is 415 g/mol. The molecule has 1 saturated carbocycles. The van der Waals surface area contributed by atoms with Gasteiger partial charge in [0.1, 0.15) is 0 Å². The van der Waals surface area contributed by atoms with E-state index in [0.29, 0.717) is 27.6 Å². The summed E-state index contributed by atoms with van der Waals surface area (Å²) in [5, 5.41) is 13.4. The summed E-state index contributed by atoms with van der Waals surface area (Å²) in [5.41, 5.74) is 1.93. The molecule has 2 aromatic carbocycles. The quantitative estimate of drug-likeness (QED) is 0.539. The van der Waals surface area contributed by atoms with Crippen LogP contribution in [0.3, 0.4) is 0 Å². The van der Waals surface area contributed by atoms with Gasteiger partial charge in [0.25, 0.3) is 0 Å². The topological polar surface area (TPSA) is 59.8 Å². The summed E-state index contributed by atoms with van der Waals surface area (Å²) in [4.78, 5) is 12.0. The molecule has 5 nitrogen and oxygen atoms in total. The smallest absolute Gasteiger partial charge is 0.223 e. The molecule has 1 aliphatic carbocycles. The predicted molar refractivity (Wildman–Crippen MR) is 112 cm³/mol. The van der Waals surface area contributed by atoms with Crippen molar-refractivity contribution in [1.82, 2.24) is 20.1 Å². The molecule has 1 aliphatic rings. The number of benzene rings is 2. The molecule has 0 unspecified atom stereocenters. The SMILES string of the molecule is O=C(NCc1nnc(SCc2ccccc2)n1-c1ccc(Cl)cc1Cl)C1CC1. The lowest BCUT2D eigenvalue weighted by molar-refractivity contribution is -0.122. The molecule has 0 bridgehead atoms. The van der Waals surface area contributed by atoms with E-state index < -0.39 is 0 Å². The van der Waals surface area contributed by atoms with E-state index in [-0.39, 0.29) is 11.8 Å². The Bertz CT molecular complexity index is 989. The molecule has 0 radical (unpaired) electrons. The van der Waals surface area contributed by atoms with Crippen LogP contribution >= 0.6 is 35.0 Å². The van der Waals surface area contributed by atoms with Crippen molar-refractivity contribution in [3.05, 3.63) is 70.0 Å². The lowest BCUT2D eigenvalue weighted by Crippen LogP contribution is -2.25. The highest BCUT2D eigenvalue weighted by Crippen LogP contribution is 2.31. The van der Waals surface area contributed by atoms with E-state index >= 15 is 0 Å². The van der Waals surface area contributed by atoms with Gasteiger partial charge in [-0.15, -0.1) is 10.2 Å². The molecule has 0 atom stereocenters. The van der Waals surface area contributed by atoms with Crippen LogP contribution in [0.5, 0.6) is 0 Å². The van der Waals surface area contributed by atoms with E-state index in [9.17, 15) is 4.79 Å². The maximum Gasteiger partial charge on any atom is 0.223 e. The second kappa shape index (κ2) is 8.55. The van der Waals surface area contributed by atoms with E-state index in [4.69, 9.17) is 23.2 Å². The third kappa shape index (κ3) is 4.51. The summed E-state index contributed by atoms with van der Waals surface area (Å²) in [6, 6.07) is 15.5. The summed E-state index contributed by atoms with van der Waals surface area (Å²) < 4.78 is 1.89. The zero-order chi connectivity index (χ0) is 19.5. The van der Waals surface area contributed by atoms with Crippen molar-refractivity contribution in [3.63, 3.8) is 0 Å². The number of hydrogen-bond acceptors (Lipinski definition) is 4. The van der Waals surface area contributed by atoms with Crippen LogP contribution in [-0.2, 0) is 17.1 Å². The second-order valence-electron chi connectivity index (χ2n) is 6.60. The largest absolute Gasteiger partial charge is 0.349 e. The Morgan fingerprint density at radius 1 is 1.14 bits per heavy atom. The molecule has 1 amide bonds. The monoisotopic (exact) mass is 432 g/mol. The van der Waals surface area contributed by atoms with Gasteiger partial charge in [0.15, 0.2) is 11.0 Å². The van der Waals surface area contributed by atoms with Gasteiger partial charge in [0.05, 0.1) is 17.3 Å². The Balaban J connectivity index is 1.61. The first-order valence-corrected chi connectivity index (χ1v) is 10.7. The zero-order valence-corrected chi connectivity index (χ0v) is 17.3. The molecule has 4 rings (SSSR count). The van der Waals surface area contributed by atoms with Crippen LogP contribution in [0.2, 0.25) is 10.0 Å². The van der Waals surface area contributed by atoms with Crippen molar-refractivity contribution < 1.29 is 4.79 Å². The summed E-state index contributed by atoms with van der Waals surface area (Å²) in [6.07, 6.45) is 1.92. The molecular formula is C20H18Cl2N4OS. The number of rotatable bonds is 7. The first-order chi connectivity index (χ1) is 13.6. The fourth-order valence-corrected chi connectivity index (χ4v) is 4.20. The summed E-state index contributed by atoms with van der Waals surface area (Å²) >= 11 is 14.1. The molecule has 0 spiro atoms. The molecule has 8 heteroatoms. The fourth-order valence-electron chi connectivity index (χ4n) is 2.79. The molecule has 0 aliphatic heterocycles. The molecule has 28 heavy (non-hydrogen) atoms. The summed E-state index contributed by atoms with van der Waals surface area (Å²) in [5.74, 6) is 1.59. The molecule has 0 saturated heterocycles. The van der Waals surface area contributed by atoms with Gasteiger partial charge in [0, 0.05) is 16.7 Å². The number of carbonyl (C=O) groups is 1. The summed E-state index contributed by atoms with van der Waals surface area (Å²) in [6.45, 7) is 0.299. The van der Waals surface area contributed by atoms with Crippen LogP contribution in [0.15, 0.2) is 53.7 Å². The van der Waals surface area contributed by atoms with Crippen molar-refractivity contribution in [2.24, 2.45) is 5.92 Å². The maximum atomic E-state index is 12.0. The third-order valence-electron chi connectivity index (χ3n) is 4.43. The summed E-state index contributed by atoms with van der Waals surface area (Å²) in [7, 11) is 0. The van der Waals surface area contributed by atoms with Gasteiger partial charge in [0.2, 0.25) is 5.91 Å². The Labute approximate surface area is 177 Å². The molecule has 3 aromatic rings. The number of thioether (sulfide) groups is 1. The van der Waals surface area contributed by atoms with Crippen LogP contribution in [0.1, 0.15) is 24.2 Å². The zero-order valence-electron chi connectivity index (χ0n) is 14.9. The minimum absolute atomic E-state index is 0.0650. The number of halogens is 2. The Morgan fingerprint density at radius 3 is 2.64 bits per heavy atom. The highest BCUT2D eigenvalue weighted by Gasteiger charge is 2.29. The minimum atomic E-state index is 0.0650. The van der Waals surface area contributed by atoms with Crippen molar-refractivity contribution >= 4 is 40.9 Å². The van der Waals surface area contributed by atoms with E-state index in [2.05, 4.69) is 27.6 Å². The fraction of sp³-hybridized carbons (Fsp3) is 0.250. The standard InChI is InChI=1S/C20H18Cl2N4OS/c21-15-8-9-17(16(22)10-15)26-18(11-23-19(27)14-6-7-14)24-25-20(26)28-12-13-4-2-1-3-5-13/h1-5,8-10,14H,6-7,11-12H2,(H,23,27). The van der Waals surface area contributed by atoms with E-state index in [1.165, 1.54) is 5.56 Å². The maximum absolute atomic E-state index is 12.0. The number of carbonyl (C=O) groups excluding carboxylic acids is 1. The van der Waals surface area contributed by atoms with Gasteiger partial charge >= 0.3 is 0 Å². The van der Waals surface area contributed by atoms with Gasteiger partial charge in [-0.1, -0.05) is 65.3 Å². The third-order valence-corrected chi connectivity index (χ3v) is 5.97. The first-order valence-electron chi connectivity index (χ1n) is 8.96. The Hall–Kier alpha value is -2.02. The lowest BCUT2D eigenvalue weighted by atomic mass is 10.2. The van der Waals surface area contributed by atoms with Crippen molar-refractivity contribution in [1.29, 1.82) is 0 Å². The van der Waals surface area contributed by atoms with Crippen LogP contribution in [0, 0.1) is 5.92 Å². The number of hydrogen-bond donors (Lipinski definition) is 1. The highest BCUT2D eigenvalue weighted by atomic mass is 35.5. The van der Waals surface area contributed by atoms with Gasteiger partial charge in [-0.3, -0.25) is 9.36 Å². The predicted octanol–water partition coefficient (Wildman–Crippen LogP) is 4.89. The molecule has 1 fully saturated rings. The second-order valence-corrected chi connectivity index (χ2v) is 8.38. The highest BCUT2D eigenvalue weighted by molar-refractivity contribution is 7.98. The van der Waals surface area contributed by atoms with Crippen molar-refractivity contribution in [2.75, 3.05) is 0 Å². The molecule has 1 heterocycles. The van der Waals surface area contributed by atoms with Gasteiger partial charge in [-0.05, 0) is 36.6 Å². The Kier molecular flexibility index (Phi) is 5.90. The molecule has 1 N–H and O–H groups in total. The van der Waals surface area contributed by atoms with E-state index in [1.807, 2.05) is 28.8 Å². The van der Waals surface area contributed by atoms with E-state index in [1.54, 1.807) is 23.9 Å². The van der Waals surface area contributed by atoms with Gasteiger partial charge in [-0.2, -0.15) is 0 Å². The average molecular weight is 433 g/mol. The van der Waals surface area contributed by atoms with E-state index in [0.717, 1.165) is 24.3 Å². The molecule has 1 aromatic heterocycles. The van der Waals surface area contributed by atoms with Crippen molar-refractivity contribution in [3.8, 4) is 5.69 Å². The van der Waals surface area contributed by atoms with Gasteiger partial charge < -0.3 is 5.32 Å². The molecule has 144 valence electrons. The number of nitrogens with one attached hydrogen (secondary N) is 1. The first kappa shape index (κ1) is 19.3. The average Bonchev–Trinajstić information content (AvgIpc) is 3.47. The minimum Gasteiger partial charge on any atom is -0.349 e. The van der Waals surface area contributed by atoms with Crippen LogP contribution in [-0.4, -0.2) is 20.7 Å². The normalized spacial score (nSPS) is 13.5. The number of nitrogens with zero attached hydrogens (tertiary/aromatic N) is 3. The lowest BCUT2D eigenvalue weighted by Gasteiger charge is -2.13. The van der Waals surface area contributed by atoms with Crippen LogP contribution in [0.4, 0.5) is 0 Å². The number of amides is 1. The van der Waals surface area contributed by atoms with Gasteiger partial charge in [-0.25, -0.2) is 0 Å². The van der Waals surface area contributed by atoms with Crippen LogP contribution < -0.4 is 5.32 Å². The Morgan fingerprint density at radius 2 is 1.93 bits per heavy atom. The number of aromatic nitrogens is 3.